The Kier molecular flexibility index (Phi) is 22.2. The zero-order valence-corrected chi connectivity index (χ0v) is 37.8. The summed E-state index contributed by atoms with van der Waals surface area (Å²) in [5, 5.41) is 46.0. The van der Waals surface area contributed by atoms with Gasteiger partial charge in [-0.15, -0.1) is 0 Å². The number of halogens is 4. The monoisotopic (exact) mass is 956 g/mol. The summed E-state index contributed by atoms with van der Waals surface area (Å²) in [4.78, 5) is 70.8. The number of carbonyl (C=O) groups excluding carboxylic acids is 5. The number of carbonyl (C=O) groups is 6. The van der Waals surface area contributed by atoms with Gasteiger partial charge in [0.15, 0.2) is 12.2 Å². The van der Waals surface area contributed by atoms with Crippen molar-refractivity contribution in [1.29, 1.82) is 0 Å². The molecule has 5 rings (SSSR count). The van der Waals surface area contributed by atoms with Crippen LogP contribution in [0.25, 0.3) is 0 Å². The second kappa shape index (κ2) is 26.9. The Morgan fingerprint density at radius 3 is 1.65 bits per heavy atom. The van der Waals surface area contributed by atoms with Crippen LogP contribution in [0.1, 0.15) is 84.6 Å². The van der Waals surface area contributed by atoms with Gasteiger partial charge in [-0.25, -0.2) is 13.6 Å². The number of carboxylic acids is 1. The number of amides is 4. The lowest BCUT2D eigenvalue weighted by Crippen LogP contribution is -2.50. The van der Waals surface area contributed by atoms with E-state index in [0.29, 0.717) is 24.0 Å². The second-order valence-electron chi connectivity index (χ2n) is 15.5. The van der Waals surface area contributed by atoms with Gasteiger partial charge in [-0.05, 0) is 72.2 Å². The molecular formula is C44H50B2Cl2F2N4O12. The second-order valence-corrected chi connectivity index (χ2v) is 16.4. The Hall–Kier alpha value is -5.89. The lowest BCUT2D eigenvalue weighted by atomic mass is 9.74. The van der Waals surface area contributed by atoms with Crippen LogP contribution in [0, 0.1) is 23.5 Å². The van der Waals surface area contributed by atoms with Crippen molar-refractivity contribution >= 4 is 73.0 Å². The van der Waals surface area contributed by atoms with E-state index in [9.17, 15) is 47.6 Å². The van der Waals surface area contributed by atoms with E-state index in [0.717, 1.165) is 18.2 Å². The number of aliphatic carboxylic acids is 1. The van der Waals surface area contributed by atoms with Crippen molar-refractivity contribution in [3.63, 3.8) is 0 Å². The molecule has 0 bridgehead atoms. The third kappa shape index (κ3) is 18.2. The first kappa shape index (κ1) is 54.4. The molecule has 4 amide bonds. The summed E-state index contributed by atoms with van der Waals surface area (Å²) in [6, 6.07) is 24.3. The molecule has 0 spiro atoms. The van der Waals surface area contributed by atoms with Crippen LogP contribution in [0.2, 0.25) is 10.0 Å². The summed E-state index contributed by atoms with van der Waals surface area (Å²) >= 11 is 11.5. The van der Waals surface area contributed by atoms with Gasteiger partial charge in [0, 0.05) is 10.0 Å². The minimum Gasteiger partial charge on any atom is -0.506 e. The van der Waals surface area contributed by atoms with Crippen LogP contribution in [-0.4, -0.2) is 95.0 Å². The zero-order valence-electron chi connectivity index (χ0n) is 36.3. The minimum atomic E-state index is -1.71. The van der Waals surface area contributed by atoms with Crippen LogP contribution in [0.3, 0.4) is 0 Å². The lowest BCUT2D eigenvalue weighted by Gasteiger charge is -2.21. The first-order valence-electron chi connectivity index (χ1n) is 20.4. The molecule has 1 aliphatic heterocycles. The number of hydrogen-bond acceptors (Lipinski definition) is 11. The summed E-state index contributed by atoms with van der Waals surface area (Å²) in [7, 11) is -2.68. The largest absolute Gasteiger partial charge is 0.552 e. The molecule has 1 aliphatic rings. The highest BCUT2D eigenvalue weighted by Crippen LogP contribution is 2.28. The Morgan fingerprint density at radius 1 is 0.727 bits per heavy atom. The first-order valence-corrected chi connectivity index (χ1v) is 21.2. The maximum absolute atomic E-state index is 13.8. The quantitative estimate of drug-likeness (QED) is 0.0675. The van der Waals surface area contributed by atoms with Crippen molar-refractivity contribution in [1.82, 2.24) is 21.3 Å². The maximum atomic E-state index is 13.8. The van der Waals surface area contributed by atoms with Crippen LogP contribution in [0.15, 0.2) is 97.1 Å². The molecule has 1 saturated heterocycles. The molecule has 352 valence electrons. The van der Waals surface area contributed by atoms with E-state index in [2.05, 4.69) is 21.3 Å². The topological polar surface area (TPSA) is 250 Å². The van der Waals surface area contributed by atoms with Gasteiger partial charge in [0.25, 0.3) is 11.8 Å². The van der Waals surface area contributed by atoms with Crippen LogP contribution in [0.4, 0.5) is 8.78 Å². The summed E-state index contributed by atoms with van der Waals surface area (Å²) in [5.74, 6) is -7.13. The smallest absolute Gasteiger partial charge is 0.506 e. The molecule has 16 nitrogen and oxygen atoms in total. The van der Waals surface area contributed by atoms with Crippen molar-refractivity contribution < 1.29 is 67.1 Å². The van der Waals surface area contributed by atoms with Gasteiger partial charge < -0.3 is 50.8 Å². The van der Waals surface area contributed by atoms with Crippen LogP contribution in [0.5, 0.6) is 0 Å². The highest BCUT2D eigenvalue weighted by Gasteiger charge is 2.46. The molecule has 4 aromatic rings. The summed E-state index contributed by atoms with van der Waals surface area (Å²) < 4.78 is 38.5. The third-order valence-electron chi connectivity index (χ3n) is 9.17. The average Bonchev–Trinajstić information content (AvgIpc) is 3.67. The molecule has 0 saturated carbocycles. The van der Waals surface area contributed by atoms with Gasteiger partial charge >= 0.3 is 26.2 Å². The van der Waals surface area contributed by atoms with E-state index < -0.39 is 98.6 Å². The van der Waals surface area contributed by atoms with Gasteiger partial charge in [-0.3, -0.25) is 24.0 Å². The van der Waals surface area contributed by atoms with E-state index in [-0.39, 0.29) is 33.0 Å². The number of aliphatic hydroxyl groups is 1. The Balaban J connectivity index is 0.000000295. The van der Waals surface area contributed by atoms with E-state index >= 15 is 0 Å². The molecule has 22 heteroatoms. The number of nitrogens with one attached hydrogen (secondary N) is 4. The van der Waals surface area contributed by atoms with E-state index in [1.54, 1.807) is 54.6 Å². The van der Waals surface area contributed by atoms with Crippen molar-refractivity contribution in [3.8, 4) is 0 Å². The molecule has 0 aliphatic carbocycles. The Labute approximate surface area is 390 Å². The fourth-order valence-electron chi connectivity index (χ4n) is 6.07. The van der Waals surface area contributed by atoms with Crippen LogP contribution >= 0.6 is 23.2 Å². The highest BCUT2D eigenvalue weighted by atomic mass is 35.5. The molecule has 0 aromatic heterocycles. The number of hydrogen-bond donors (Lipinski definition) is 8. The summed E-state index contributed by atoms with van der Waals surface area (Å²) in [6.07, 6.45) is -1.45. The number of rotatable bonds is 17. The molecule has 4 atom stereocenters. The summed E-state index contributed by atoms with van der Waals surface area (Å²) in [6.45, 7) is 6.81. The van der Waals surface area contributed by atoms with Gasteiger partial charge in [0.2, 0.25) is 11.8 Å². The molecular weight excluding hydrogens is 907 g/mol. The number of aliphatic hydroxyl groups excluding tert-OH is 1. The van der Waals surface area contributed by atoms with Crippen molar-refractivity contribution in [2.75, 3.05) is 13.1 Å². The van der Waals surface area contributed by atoms with E-state index in [4.69, 9.17) is 42.7 Å². The van der Waals surface area contributed by atoms with Crippen LogP contribution < -0.4 is 21.3 Å². The fraction of sp³-hybridized carbons (Fsp3) is 0.318. The standard InChI is InChI=1S/C22H23BClFN2O5.C14H19BClFN2O4.C8H8O3/c1-13(2)10-18(23-31-20(22(30)32-23)14-6-4-3-5-7-14)27-19(28)12-26-21(29)16-11-15(24)8-9-17(16)25;1-8(2)5-12(15(22)23)19-13(20)7-18-14(21)10-6-9(16)3-4-11(10)17;9-7(8(10)11)6-4-2-1-3-5-6/h3-9,11,13,18,20H,10,12H2,1-2H3,(H,26,29)(H,27,28);3-4,6,8,12,22-23H,5,7H2,1-2H3,(H,18,21)(H,19,20);1-5,7,9H,(H,10,11)/t18-,20?;12-;/m00./s1. The number of carboxylic acid groups (broad SMARTS) is 1. The fourth-order valence-corrected chi connectivity index (χ4v) is 6.41. The average molecular weight is 957 g/mol. The lowest BCUT2D eigenvalue weighted by molar-refractivity contribution is -0.147. The SMILES string of the molecule is CC(C)C[C@H](NC(=O)CNC(=O)c1cc(Cl)ccc1F)B(O)O.CC(C)C[C@H](NC(=O)CNC(=O)c1cc(Cl)ccc1F)B1OC(=O)C(c2ccccc2)O1.O=C(O)C(O)c1ccccc1. The summed E-state index contributed by atoms with van der Waals surface area (Å²) in [5.41, 5.74) is 0.527. The normalized spacial score (nSPS) is 14.3. The van der Waals surface area contributed by atoms with Crippen LogP contribution in [-0.2, 0) is 28.5 Å². The number of benzene rings is 4. The van der Waals surface area contributed by atoms with Gasteiger partial charge in [-0.2, -0.15) is 0 Å². The van der Waals surface area contributed by atoms with Crippen molar-refractivity contribution in [2.24, 2.45) is 11.8 Å². The van der Waals surface area contributed by atoms with Gasteiger partial charge in [0.1, 0.15) is 11.6 Å². The molecule has 1 heterocycles. The highest BCUT2D eigenvalue weighted by molar-refractivity contribution is 6.51. The predicted octanol–water partition coefficient (Wildman–Crippen LogP) is 4.64. The zero-order chi connectivity index (χ0) is 49.1. The first-order chi connectivity index (χ1) is 31.2. The molecule has 2 unspecified atom stereocenters. The predicted molar refractivity (Wildman–Crippen MR) is 242 cm³/mol. The van der Waals surface area contributed by atoms with Crippen molar-refractivity contribution in [3.05, 3.63) is 141 Å². The maximum Gasteiger partial charge on any atom is 0.552 e. The molecule has 4 aromatic carbocycles. The van der Waals surface area contributed by atoms with Gasteiger partial charge in [0.05, 0.1) is 36.1 Å². The molecule has 0 radical (unpaired) electrons. The minimum absolute atomic E-state index is 0.136. The Morgan fingerprint density at radius 2 is 1.20 bits per heavy atom. The molecule has 8 N–H and O–H groups in total. The van der Waals surface area contributed by atoms with E-state index in [1.807, 2.05) is 33.8 Å². The molecule has 66 heavy (non-hydrogen) atoms. The third-order valence-corrected chi connectivity index (χ3v) is 9.64. The van der Waals surface area contributed by atoms with E-state index in [1.165, 1.54) is 18.2 Å². The Bertz CT molecular complexity index is 2270. The van der Waals surface area contributed by atoms with Crippen molar-refractivity contribution in [2.45, 2.75) is 64.6 Å². The molecule has 1 fully saturated rings. The van der Waals surface area contributed by atoms with Gasteiger partial charge in [-0.1, -0.05) is 112 Å².